The van der Waals surface area contributed by atoms with Crippen LogP contribution in [0.1, 0.15) is 33.6 Å². The fourth-order valence-electron chi connectivity index (χ4n) is 2.25. The molecule has 3 atom stereocenters. The van der Waals surface area contributed by atoms with Gasteiger partial charge in [0.15, 0.2) is 0 Å². The quantitative estimate of drug-likeness (QED) is 0.658. The summed E-state index contributed by atoms with van der Waals surface area (Å²) in [6, 6.07) is 0. The van der Waals surface area contributed by atoms with Crippen LogP contribution in [-0.2, 0) is 0 Å². The molecule has 2 nitrogen and oxygen atoms in total. The molecule has 0 spiro atoms. The van der Waals surface area contributed by atoms with Crippen molar-refractivity contribution in [3.8, 4) is 0 Å². The number of hydrogen-bond acceptors (Lipinski definition) is 2. The Labute approximate surface area is 75.4 Å². The largest absolute Gasteiger partial charge is 0.389 e. The molecule has 1 fully saturated rings. The molecule has 0 aliphatic carbocycles. The van der Waals surface area contributed by atoms with Crippen LogP contribution in [0.3, 0.4) is 0 Å². The smallest absolute Gasteiger partial charge is 0.0722 e. The van der Waals surface area contributed by atoms with Gasteiger partial charge in [-0.05, 0) is 18.3 Å². The summed E-state index contributed by atoms with van der Waals surface area (Å²) in [6.45, 7) is 8.33. The van der Waals surface area contributed by atoms with Gasteiger partial charge in [-0.1, -0.05) is 27.2 Å². The fraction of sp³-hybridized carbons (Fsp3) is 1.00. The lowest BCUT2D eigenvalue weighted by Crippen LogP contribution is -2.54. The molecule has 1 heterocycles. The van der Waals surface area contributed by atoms with E-state index < -0.39 is 5.60 Å². The maximum atomic E-state index is 10.4. The average molecular weight is 171 g/mol. The summed E-state index contributed by atoms with van der Waals surface area (Å²) in [5.74, 6) is 0.780. The molecule has 0 saturated carbocycles. The molecule has 2 N–H and O–H groups in total. The van der Waals surface area contributed by atoms with E-state index in [1.165, 1.54) is 0 Å². The summed E-state index contributed by atoms with van der Waals surface area (Å²) >= 11 is 0. The third-order valence-electron chi connectivity index (χ3n) is 3.26. The molecule has 12 heavy (non-hydrogen) atoms. The van der Waals surface area contributed by atoms with Crippen molar-refractivity contribution in [2.24, 2.45) is 11.8 Å². The second kappa shape index (κ2) is 3.75. The summed E-state index contributed by atoms with van der Waals surface area (Å²) in [6.07, 6.45) is 2.02. The summed E-state index contributed by atoms with van der Waals surface area (Å²) in [7, 11) is 0. The molecule has 0 bridgehead atoms. The van der Waals surface area contributed by atoms with Crippen LogP contribution in [0.5, 0.6) is 0 Å². The van der Waals surface area contributed by atoms with E-state index in [9.17, 15) is 5.11 Å². The van der Waals surface area contributed by atoms with Gasteiger partial charge in [0.05, 0.1) is 5.60 Å². The molecule has 0 unspecified atom stereocenters. The Morgan fingerprint density at radius 3 is 2.25 bits per heavy atom. The number of hydrogen-bond donors (Lipinski definition) is 2. The van der Waals surface area contributed by atoms with Crippen molar-refractivity contribution < 1.29 is 5.11 Å². The van der Waals surface area contributed by atoms with E-state index in [1.807, 2.05) is 0 Å². The van der Waals surface area contributed by atoms with E-state index in [0.717, 1.165) is 25.9 Å². The Balaban J connectivity index is 2.66. The van der Waals surface area contributed by atoms with Gasteiger partial charge in [0, 0.05) is 13.1 Å². The number of rotatable bonds is 2. The third-order valence-corrected chi connectivity index (χ3v) is 3.26. The van der Waals surface area contributed by atoms with Gasteiger partial charge in [0.25, 0.3) is 0 Å². The van der Waals surface area contributed by atoms with Gasteiger partial charge in [-0.15, -0.1) is 0 Å². The second-order valence-corrected chi connectivity index (χ2v) is 4.20. The summed E-state index contributed by atoms with van der Waals surface area (Å²) in [5.41, 5.74) is -0.417. The Morgan fingerprint density at radius 2 is 1.83 bits per heavy atom. The zero-order valence-electron chi connectivity index (χ0n) is 8.43. The topological polar surface area (TPSA) is 32.3 Å². The molecule has 1 rings (SSSR count). The van der Waals surface area contributed by atoms with Gasteiger partial charge in [-0.3, -0.25) is 0 Å². The summed E-state index contributed by atoms with van der Waals surface area (Å²) in [5, 5.41) is 13.7. The first-order valence-electron chi connectivity index (χ1n) is 5.04. The van der Waals surface area contributed by atoms with Gasteiger partial charge in [-0.25, -0.2) is 0 Å². The first-order chi connectivity index (χ1) is 5.61. The van der Waals surface area contributed by atoms with Crippen LogP contribution >= 0.6 is 0 Å². The standard InChI is InChI=1S/C10H21NO/c1-4-5-10(12)8(2)6-11-7-9(10)3/h8-9,11-12H,4-7H2,1-3H3/t8-,9+,10+. The van der Waals surface area contributed by atoms with Crippen molar-refractivity contribution >= 4 is 0 Å². The highest BCUT2D eigenvalue weighted by atomic mass is 16.3. The minimum Gasteiger partial charge on any atom is -0.389 e. The van der Waals surface area contributed by atoms with Crippen LogP contribution in [0.2, 0.25) is 0 Å². The predicted octanol–water partition coefficient (Wildman–Crippen LogP) is 1.39. The van der Waals surface area contributed by atoms with Gasteiger partial charge < -0.3 is 10.4 Å². The van der Waals surface area contributed by atoms with E-state index >= 15 is 0 Å². The molecule has 0 amide bonds. The molecule has 1 saturated heterocycles. The summed E-state index contributed by atoms with van der Waals surface area (Å²) in [4.78, 5) is 0. The molecule has 2 heteroatoms. The van der Waals surface area contributed by atoms with Crippen molar-refractivity contribution in [2.45, 2.75) is 39.2 Å². The minimum absolute atomic E-state index is 0.390. The lowest BCUT2D eigenvalue weighted by molar-refractivity contribution is -0.0804. The molecular weight excluding hydrogens is 150 g/mol. The Hall–Kier alpha value is -0.0800. The van der Waals surface area contributed by atoms with Crippen molar-refractivity contribution in [1.82, 2.24) is 5.32 Å². The van der Waals surface area contributed by atoms with Gasteiger partial charge >= 0.3 is 0 Å². The zero-order chi connectivity index (χ0) is 9.19. The third kappa shape index (κ3) is 1.64. The highest BCUT2D eigenvalue weighted by molar-refractivity contribution is 4.93. The Kier molecular flexibility index (Phi) is 3.13. The minimum atomic E-state index is -0.417. The van der Waals surface area contributed by atoms with E-state index in [1.54, 1.807) is 0 Å². The SMILES string of the molecule is CCC[C@]1(O)[C@H](C)CNC[C@@H]1C. The normalized spacial score (nSPS) is 43.0. The lowest BCUT2D eigenvalue weighted by Gasteiger charge is -2.43. The molecule has 1 aliphatic heterocycles. The van der Waals surface area contributed by atoms with Crippen molar-refractivity contribution in [3.63, 3.8) is 0 Å². The van der Waals surface area contributed by atoms with Crippen LogP contribution in [0.4, 0.5) is 0 Å². The van der Waals surface area contributed by atoms with Gasteiger partial charge in [0.2, 0.25) is 0 Å². The lowest BCUT2D eigenvalue weighted by atomic mass is 9.73. The van der Waals surface area contributed by atoms with E-state index in [-0.39, 0.29) is 0 Å². The van der Waals surface area contributed by atoms with E-state index in [4.69, 9.17) is 0 Å². The maximum Gasteiger partial charge on any atom is 0.0722 e. The first kappa shape index (κ1) is 10.0. The van der Waals surface area contributed by atoms with Crippen LogP contribution in [0.25, 0.3) is 0 Å². The van der Waals surface area contributed by atoms with Crippen LogP contribution in [0, 0.1) is 11.8 Å². The molecule has 0 aromatic rings. The van der Waals surface area contributed by atoms with Crippen LogP contribution in [0.15, 0.2) is 0 Å². The van der Waals surface area contributed by atoms with Crippen molar-refractivity contribution in [1.29, 1.82) is 0 Å². The predicted molar refractivity (Wildman–Crippen MR) is 51.1 cm³/mol. The molecule has 0 aromatic carbocycles. The van der Waals surface area contributed by atoms with Crippen molar-refractivity contribution in [2.75, 3.05) is 13.1 Å². The van der Waals surface area contributed by atoms with Gasteiger partial charge in [0.1, 0.15) is 0 Å². The Morgan fingerprint density at radius 1 is 1.33 bits per heavy atom. The van der Waals surface area contributed by atoms with E-state index in [0.29, 0.717) is 11.8 Å². The van der Waals surface area contributed by atoms with Crippen LogP contribution < -0.4 is 5.32 Å². The van der Waals surface area contributed by atoms with Gasteiger partial charge in [-0.2, -0.15) is 0 Å². The molecule has 0 radical (unpaired) electrons. The highest BCUT2D eigenvalue weighted by Gasteiger charge is 2.40. The van der Waals surface area contributed by atoms with Crippen molar-refractivity contribution in [3.05, 3.63) is 0 Å². The summed E-state index contributed by atoms with van der Waals surface area (Å²) < 4.78 is 0. The van der Waals surface area contributed by atoms with E-state index in [2.05, 4.69) is 26.1 Å². The monoisotopic (exact) mass is 171 g/mol. The molecular formula is C10H21NO. The molecule has 72 valence electrons. The Bertz CT molecular complexity index is 137. The maximum absolute atomic E-state index is 10.4. The molecule has 0 aromatic heterocycles. The first-order valence-corrected chi connectivity index (χ1v) is 5.04. The number of nitrogens with one attached hydrogen (secondary N) is 1. The fourth-order valence-corrected chi connectivity index (χ4v) is 2.25. The average Bonchev–Trinajstić information content (AvgIpc) is 2.02. The highest BCUT2D eigenvalue weighted by Crippen LogP contribution is 2.33. The molecule has 1 aliphatic rings. The second-order valence-electron chi connectivity index (χ2n) is 4.20. The number of aliphatic hydroxyl groups is 1. The zero-order valence-corrected chi connectivity index (χ0v) is 8.43. The van der Waals surface area contributed by atoms with Crippen LogP contribution in [-0.4, -0.2) is 23.8 Å². The number of piperidine rings is 1.